The molecule has 1 aliphatic heterocycles. The molecule has 8 nitrogen and oxygen atoms in total. The zero-order chi connectivity index (χ0) is 27.3. The van der Waals surface area contributed by atoms with E-state index in [1.54, 1.807) is 19.9 Å². The number of fused-ring (bicyclic) bond motifs is 5. The van der Waals surface area contributed by atoms with Crippen LogP contribution in [0, 0.1) is 40.4 Å². The molecular weight excluding hydrogens is 476 g/mol. The number of aliphatic hydroxyl groups is 5. The van der Waals surface area contributed by atoms with Crippen LogP contribution in [0.25, 0.3) is 0 Å². The van der Waals surface area contributed by atoms with Crippen LogP contribution in [0.1, 0.15) is 79.6 Å². The van der Waals surface area contributed by atoms with E-state index in [-0.39, 0.29) is 48.5 Å². The fourth-order valence-corrected chi connectivity index (χ4v) is 9.39. The fourth-order valence-electron chi connectivity index (χ4n) is 9.39. The third kappa shape index (κ3) is 3.65. The highest BCUT2D eigenvalue weighted by Crippen LogP contribution is 2.68. The second kappa shape index (κ2) is 8.59. The number of hydrogen-bond donors (Lipinski definition) is 5. The summed E-state index contributed by atoms with van der Waals surface area (Å²) in [7, 11) is 0. The van der Waals surface area contributed by atoms with Crippen molar-refractivity contribution in [2.75, 3.05) is 0 Å². The molecule has 5 rings (SSSR count). The molecule has 1 heterocycles. The monoisotopic (exact) mass is 520 g/mol. The third-order valence-corrected chi connectivity index (χ3v) is 11.9. The lowest BCUT2D eigenvalue weighted by atomic mass is 9.45. The second-order valence-corrected chi connectivity index (χ2v) is 13.7. The maximum absolute atomic E-state index is 13.3. The van der Waals surface area contributed by atoms with E-state index in [0.717, 1.165) is 0 Å². The molecule has 5 aliphatic rings. The highest BCUT2D eigenvalue weighted by atomic mass is 16.6. The summed E-state index contributed by atoms with van der Waals surface area (Å²) >= 11 is 0. The number of rotatable bonds is 4. The largest absolute Gasteiger partial charge is 0.462 e. The minimum Gasteiger partial charge on any atom is -0.462 e. The maximum Gasteiger partial charge on any atom is 0.309 e. The van der Waals surface area contributed by atoms with Crippen LogP contribution < -0.4 is 0 Å². The minimum atomic E-state index is -1.52. The summed E-state index contributed by atoms with van der Waals surface area (Å²) in [6.07, 6.45) is 1.21. The van der Waals surface area contributed by atoms with Gasteiger partial charge in [0.2, 0.25) is 0 Å². The number of ether oxygens (including phenoxy) is 1. The highest BCUT2D eigenvalue weighted by Gasteiger charge is 2.69. The fraction of sp³-hybridized carbons (Fsp3) is 0.862. The normalized spacial score (nSPS) is 51.9. The first-order chi connectivity index (χ1) is 17.1. The maximum atomic E-state index is 13.3. The van der Waals surface area contributed by atoms with Crippen LogP contribution in [0.3, 0.4) is 0 Å². The zero-order valence-electron chi connectivity index (χ0n) is 22.7. The smallest absolute Gasteiger partial charge is 0.309 e. The number of carbonyl (C=O) groups is 2. The lowest BCUT2D eigenvalue weighted by Gasteiger charge is -2.60. The molecule has 0 aromatic carbocycles. The molecular formula is C29H44O8. The van der Waals surface area contributed by atoms with Crippen molar-refractivity contribution in [3.8, 4) is 0 Å². The molecule has 9 unspecified atom stereocenters. The molecule has 0 amide bonds. The second-order valence-electron chi connectivity index (χ2n) is 13.7. The molecule has 0 aromatic rings. The predicted octanol–water partition coefficient (Wildman–Crippen LogP) is 1.89. The van der Waals surface area contributed by atoms with Gasteiger partial charge < -0.3 is 30.3 Å². The van der Waals surface area contributed by atoms with E-state index in [1.165, 1.54) is 0 Å². The summed E-state index contributed by atoms with van der Waals surface area (Å²) in [6.45, 7) is 9.21. The molecule has 37 heavy (non-hydrogen) atoms. The quantitative estimate of drug-likeness (QED) is 0.354. The Balaban J connectivity index is 1.44. The summed E-state index contributed by atoms with van der Waals surface area (Å²) in [6, 6.07) is 0. The summed E-state index contributed by atoms with van der Waals surface area (Å²) in [5, 5.41) is 56.2. The van der Waals surface area contributed by atoms with Crippen molar-refractivity contribution >= 4 is 11.8 Å². The average Bonchev–Trinajstić information content (AvgIpc) is 3.23. The van der Waals surface area contributed by atoms with Gasteiger partial charge in [-0.3, -0.25) is 9.59 Å². The zero-order valence-corrected chi connectivity index (χ0v) is 22.7. The van der Waals surface area contributed by atoms with Crippen molar-refractivity contribution in [1.82, 2.24) is 0 Å². The first-order valence-corrected chi connectivity index (χ1v) is 14.0. The van der Waals surface area contributed by atoms with E-state index in [4.69, 9.17) is 4.74 Å². The number of cyclic esters (lactones) is 1. The highest BCUT2D eigenvalue weighted by molar-refractivity contribution is 5.95. The predicted molar refractivity (Wildman–Crippen MR) is 134 cm³/mol. The summed E-state index contributed by atoms with van der Waals surface area (Å²) < 4.78 is 5.34. The van der Waals surface area contributed by atoms with E-state index in [9.17, 15) is 35.1 Å². The van der Waals surface area contributed by atoms with Crippen LogP contribution >= 0.6 is 0 Å². The van der Waals surface area contributed by atoms with E-state index in [0.29, 0.717) is 37.7 Å². The first-order valence-electron chi connectivity index (χ1n) is 14.0. The molecule has 0 radical (unpaired) electrons. The van der Waals surface area contributed by atoms with Gasteiger partial charge in [0.25, 0.3) is 0 Å². The Morgan fingerprint density at radius 1 is 1.11 bits per heavy atom. The number of carbonyl (C=O) groups excluding carboxylic acids is 2. The standard InChI is InChI=1S/C29H44O8/c1-14-16(15(2)37-25(14)34)10-24(33)28(5,35)23-7-9-29(36)18-11-20(30)19-12-21(31)22(32)13-26(19,3)17(18)6-8-27(23,29)4/h11,14-17,19,21-24,31-33,35-36H,6-10,12-13H2,1-5H3/t14?,15?,16?,17?,19?,21?,22?,23?,24?,26-,27-,28-,29-/m1/s1. The van der Waals surface area contributed by atoms with Crippen LogP contribution in [0.4, 0.5) is 0 Å². The molecule has 3 saturated carbocycles. The van der Waals surface area contributed by atoms with E-state index >= 15 is 0 Å². The van der Waals surface area contributed by atoms with Gasteiger partial charge in [0, 0.05) is 17.3 Å². The van der Waals surface area contributed by atoms with Crippen LogP contribution in [0.15, 0.2) is 11.6 Å². The summed E-state index contributed by atoms with van der Waals surface area (Å²) in [5.74, 6) is -1.88. The Kier molecular flexibility index (Phi) is 6.33. The molecule has 0 spiro atoms. The molecule has 0 aromatic heterocycles. The first kappa shape index (κ1) is 27.3. The van der Waals surface area contributed by atoms with Gasteiger partial charge in [-0.1, -0.05) is 20.8 Å². The molecule has 208 valence electrons. The van der Waals surface area contributed by atoms with Gasteiger partial charge >= 0.3 is 5.97 Å². The van der Waals surface area contributed by atoms with Gasteiger partial charge in [-0.2, -0.15) is 0 Å². The van der Waals surface area contributed by atoms with Crippen molar-refractivity contribution < 1.29 is 39.9 Å². The minimum absolute atomic E-state index is 0.104. The Bertz CT molecular complexity index is 1010. The van der Waals surface area contributed by atoms with Crippen molar-refractivity contribution in [1.29, 1.82) is 0 Å². The lowest BCUT2D eigenvalue weighted by molar-refractivity contribution is -0.178. The third-order valence-electron chi connectivity index (χ3n) is 11.9. The van der Waals surface area contributed by atoms with Gasteiger partial charge in [-0.15, -0.1) is 0 Å². The van der Waals surface area contributed by atoms with Crippen LogP contribution in [0.5, 0.6) is 0 Å². The molecule has 1 saturated heterocycles. The topological polar surface area (TPSA) is 145 Å². The van der Waals surface area contributed by atoms with Gasteiger partial charge in [-0.25, -0.2) is 0 Å². The number of hydrogen-bond acceptors (Lipinski definition) is 8. The summed E-state index contributed by atoms with van der Waals surface area (Å²) in [5.41, 5.74) is -3.47. The number of aliphatic hydroxyl groups excluding tert-OH is 3. The van der Waals surface area contributed by atoms with Gasteiger partial charge in [0.05, 0.1) is 35.4 Å². The van der Waals surface area contributed by atoms with Crippen molar-refractivity contribution in [2.45, 2.75) is 115 Å². The van der Waals surface area contributed by atoms with Crippen molar-refractivity contribution in [3.05, 3.63) is 11.6 Å². The SMILES string of the molecule is CC1OC(=O)C(C)C1CC(O)[C@](C)(O)C1CC[C@@]2(O)C3=CC(=O)C4CC(O)C(O)C[C@]4(C)C3CC[C@]12C. The Hall–Kier alpha value is -1.32. The van der Waals surface area contributed by atoms with Gasteiger partial charge in [0.15, 0.2) is 5.78 Å². The van der Waals surface area contributed by atoms with Crippen molar-refractivity contribution in [2.24, 2.45) is 40.4 Å². The molecule has 8 heteroatoms. The van der Waals surface area contributed by atoms with Crippen LogP contribution in [-0.2, 0) is 14.3 Å². The molecule has 13 atom stereocenters. The molecule has 4 aliphatic carbocycles. The Labute approximate surface area is 219 Å². The van der Waals surface area contributed by atoms with E-state index in [2.05, 4.69) is 0 Å². The molecule has 5 N–H and O–H groups in total. The molecule has 4 fully saturated rings. The number of allylic oxidation sites excluding steroid dienone is 1. The Morgan fingerprint density at radius 3 is 2.41 bits per heavy atom. The Morgan fingerprint density at radius 2 is 1.78 bits per heavy atom. The molecule has 0 bridgehead atoms. The van der Waals surface area contributed by atoms with E-state index < -0.39 is 52.2 Å². The van der Waals surface area contributed by atoms with Crippen LogP contribution in [-0.4, -0.2) is 72.9 Å². The van der Waals surface area contributed by atoms with Gasteiger partial charge in [-0.05, 0) is 87.7 Å². The van der Waals surface area contributed by atoms with Gasteiger partial charge in [0.1, 0.15) is 6.10 Å². The van der Waals surface area contributed by atoms with Crippen molar-refractivity contribution in [3.63, 3.8) is 0 Å². The van der Waals surface area contributed by atoms with Crippen LogP contribution in [0.2, 0.25) is 0 Å². The number of ketones is 1. The lowest BCUT2D eigenvalue weighted by Crippen LogP contribution is -2.63. The number of esters is 1. The average molecular weight is 521 g/mol. The van der Waals surface area contributed by atoms with E-state index in [1.807, 2.05) is 20.8 Å². The summed E-state index contributed by atoms with van der Waals surface area (Å²) in [4.78, 5) is 25.4.